The van der Waals surface area contributed by atoms with Crippen LogP contribution in [0.2, 0.25) is 0 Å². The number of hydrogen-bond donors (Lipinski definition) is 1. The molecule has 2 N–H and O–H groups in total. The third-order valence-corrected chi connectivity index (χ3v) is 5.31. The van der Waals surface area contributed by atoms with Crippen molar-refractivity contribution in [2.45, 2.75) is 52.9 Å². The van der Waals surface area contributed by atoms with Gasteiger partial charge in [-0.15, -0.1) is 0 Å². The van der Waals surface area contributed by atoms with Gasteiger partial charge < -0.3 is 5.73 Å². The maximum Gasteiger partial charge on any atom is -0.00462 e. The predicted octanol–water partition coefficient (Wildman–Crippen LogP) is 4.66. The van der Waals surface area contributed by atoms with Crippen LogP contribution < -0.4 is 5.73 Å². The summed E-state index contributed by atoms with van der Waals surface area (Å²) in [5.41, 5.74) is 7.94. The van der Waals surface area contributed by atoms with Crippen molar-refractivity contribution < 1.29 is 0 Å². The summed E-state index contributed by atoms with van der Waals surface area (Å²) in [7, 11) is 0. The van der Waals surface area contributed by atoms with Gasteiger partial charge in [-0.2, -0.15) is 0 Å². The van der Waals surface area contributed by atoms with Crippen molar-refractivity contribution in [1.29, 1.82) is 0 Å². The third kappa shape index (κ3) is 4.09. The Morgan fingerprint density at radius 1 is 1.05 bits per heavy atom. The SMILES string of the molecule is CC(C)(C)C1CCC(CN)C(CCc2ccccc2)C1. The standard InChI is InChI=1S/C19H31N/c1-19(2,3)18-12-11-17(14-20)16(13-18)10-9-15-7-5-4-6-8-15/h4-8,16-18H,9-14,20H2,1-3H3. The first-order valence-electron chi connectivity index (χ1n) is 8.24. The average Bonchev–Trinajstić information content (AvgIpc) is 2.45. The van der Waals surface area contributed by atoms with Gasteiger partial charge in [0, 0.05) is 0 Å². The molecule has 3 atom stereocenters. The molecule has 0 aromatic heterocycles. The van der Waals surface area contributed by atoms with Crippen LogP contribution in [0.5, 0.6) is 0 Å². The predicted molar refractivity (Wildman–Crippen MR) is 87.6 cm³/mol. The second kappa shape index (κ2) is 6.76. The maximum atomic E-state index is 6.02. The van der Waals surface area contributed by atoms with Gasteiger partial charge in [0.15, 0.2) is 0 Å². The quantitative estimate of drug-likeness (QED) is 0.848. The first-order chi connectivity index (χ1) is 9.50. The molecule has 0 heterocycles. The Labute approximate surface area is 125 Å². The van der Waals surface area contributed by atoms with Crippen LogP contribution in [0.15, 0.2) is 30.3 Å². The van der Waals surface area contributed by atoms with E-state index in [1.807, 2.05) is 0 Å². The van der Waals surface area contributed by atoms with Crippen LogP contribution in [-0.2, 0) is 6.42 Å². The topological polar surface area (TPSA) is 26.0 Å². The zero-order valence-corrected chi connectivity index (χ0v) is 13.4. The molecule has 1 fully saturated rings. The molecule has 1 aromatic rings. The van der Waals surface area contributed by atoms with Crippen molar-refractivity contribution in [3.05, 3.63) is 35.9 Å². The molecule has 3 unspecified atom stereocenters. The summed E-state index contributed by atoms with van der Waals surface area (Å²) < 4.78 is 0. The van der Waals surface area contributed by atoms with Crippen molar-refractivity contribution in [1.82, 2.24) is 0 Å². The van der Waals surface area contributed by atoms with E-state index in [2.05, 4.69) is 51.1 Å². The lowest BCUT2D eigenvalue weighted by Gasteiger charge is -2.41. The minimum Gasteiger partial charge on any atom is -0.330 e. The minimum absolute atomic E-state index is 0.449. The maximum absolute atomic E-state index is 6.02. The van der Waals surface area contributed by atoms with Gasteiger partial charge >= 0.3 is 0 Å². The lowest BCUT2D eigenvalue weighted by molar-refractivity contribution is 0.0966. The fraction of sp³-hybridized carbons (Fsp3) is 0.684. The Balaban J connectivity index is 1.95. The first kappa shape index (κ1) is 15.6. The molecule has 0 bridgehead atoms. The van der Waals surface area contributed by atoms with Crippen LogP contribution in [0.4, 0.5) is 0 Å². The van der Waals surface area contributed by atoms with Crippen molar-refractivity contribution in [3.8, 4) is 0 Å². The second-order valence-electron chi connectivity index (χ2n) is 7.66. The van der Waals surface area contributed by atoms with E-state index in [-0.39, 0.29) is 0 Å². The van der Waals surface area contributed by atoms with Crippen LogP contribution in [0.3, 0.4) is 0 Å². The molecule has 1 nitrogen and oxygen atoms in total. The normalized spacial score (nSPS) is 27.5. The minimum atomic E-state index is 0.449. The van der Waals surface area contributed by atoms with Crippen LogP contribution in [0, 0.1) is 23.2 Å². The zero-order valence-electron chi connectivity index (χ0n) is 13.4. The van der Waals surface area contributed by atoms with Gasteiger partial charge in [-0.3, -0.25) is 0 Å². The van der Waals surface area contributed by atoms with Gasteiger partial charge in [-0.1, -0.05) is 51.1 Å². The van der Waals surface area contributed by atoms with E-state index in [0.29, 0.717) is 5.41 Å². The summed E-state index contributed by atoms with van der Waals surface area (Å²) in [5.74, 6) is 2.43. The van der Waals surface area contributed by atoms with E-state index in [0.717, 1.165) is 24.3 Å². The number of benzene rings is 1. The highest BCUT2D eigenvalue weighted by molar-refractivity contribution is 5.14. The van der Waals surface area contributed by atoms with E-state index in [1.165, 1.54) is 37.7 Å². The molecule has 0 spiro atoms. The molecule has 2 rings (SSSR count). The Kier molecular flexibility index (Phi) is 5.26. The largest absolute Gasteiger partial charge is 0.330 e. The molecule has 20 heavy (non-hydrogen) atoms. The highest BCUT2D eigenvalue weighted by Crippen LogP contribution is 2.43. The van der Waals surface area contributed by atoms with Crippen molar-refractivity contribution in [2.75, 3.05) is 6.54 Å². The molecule has 112 valence electrons. The summed E-state index contributed by atoms with van der Waals surface area (Å²) in [6.07, 6.45) is 6.58. The summed E-state index contributed by atoms with van der Waals surface area (Å²) in [5, 5.41) is 0. The number of rotatable bonds is 4. The van der Waals surface area contributed by atoms with Gasteiger partial charge in [0.2, 0.25) is 0 Å². The van der Waals surface area contributed by atoms with E-state index in [4.69, 9.17) is 5.73 Å². The van der Waals surface area contributed by atoms with E-state index < -0.39 is 0 Å². The number of aryl methyl sites for hydroxylation is 1. The van der Waals surface area contributed by atoms with Crippen LogP contribution >= 0.6 is 0 Å². The summed E-state index contributed by atoms with van der Waals surface area (Å²) in [4.78, 5) is 0. The molecule has 1 saturated carbocycles. The zero-order chi connectivity index (χ0) is 14.6. The van der Waals surface area contributed by atoms with Gasteiger partial charge in [0.05, 0.1) is 0 Å². The Hall–Kier alpha value is -0.820. The molecule has 1 aromatic carbocycles. The van der Waals surface area contributed by atoms with E-state index >= 15 is 0 Å². The van der Waals surface area contributed by atoms with Gasteiger partial charge in [-0.05, 0) is 67.4 Å². The van der Waals surface area contributed by atoms with Crippen LogP contribution in [0.25, 0.3) is 0 Å². The highest BCUT2D eigenvalue weighted by Gasteiger charge is 2.34. The van der Waals surface area contributed by atoms with E-state index in [9.17, 15) is 0 Å². The molecule has 1 aliphatic rings. The summed E-state index contributed by atoms with van der Waals surface area (Å²) in [6, 6.07) is 10.9. The molecule has 0 saturated heterocycles. The van der Waals surface area contributed by atoms with Crippen LogP contribution in [-0.4, -0.2) is 6.54 Å². The van der Waals surface area contributed by atoms with Crippen LogP contribution in [0.1, 0.15) is 52.0 Å². The third-order valence-electron chi connectivity index (χ3n) is 5.31. The van der Waals surface area contributed by atoms with Crippen molar-refractivity contribution in [2.24, 2.45) is 28.9 Å². The molecular formula is C19H31N. The Morgan fingerprint density at radius 2 is 1.75 bits per heavy atom. The monoisotopic (exact) mass is 273 g/mol. The summed E-state index contributed by atoms with van der Waals surface area (Å²) >= 11 is 0. The smallest absolute Gasteiger partial charge is 0.00462 e. The van der Waals surface area contributed by atoms with Gasteiger partial charge in [0.25, 0.3) is 0 Å². The van der Waals surface area contributed by atoms with Crippen molar-refractivity contribution in [3.63, 3.8) is 0 Å². The lowest BCUT2D eigenvalue weighted by Crippen LogP contribution is -2.35. The second-order valence-corrected chi connectivity index (χ2v) is 7.66. The molecule has 1 aliphatic carbocycles. The van der Waals surface area contributed by atoms with Gasteiger partial charge in [-0.25, -0.2) is 0 Å². The first-order valence-corrected chi connectivity index (χ1v) is 8.24. The fourth-order valence-corrected chi connectivity index (χ4v) is 3.77. The Bertz CT molecular complexity index is 390. The fourth-order valence-electron chi connectivity index (χ4n) is 3.77. The number of hydrogen-bond acceptors (Lipinski definition) is 1. The summed E-state index contributed by atoms with van der Waals surface area (Å²) in [6.45, 7) is 8.06. The van der Waals surface area contributed by atoms with E-state index in [1.54, 1.807) is 0 Å². The Morgan fingerprint density at radius 3 is 2.35 bits per heavy atom. The lowest BCUT2D eigenvalue weighted by atomic mass is 9.64. The highest BCUT2D eigenvalue weighted by atomic mass is 14.6. The average molecular weight is 273 g/mol. The molecule has 0 amide bonds. The van der Waals surface area contributed by atoms with Crippen molar-refractivity contribution >= 4 is 0 Å². The van der Waals surface area contributed by atoms with Gasteiger partial charge in [0.1, 0.15) is 0 Å². The number of nitrogens with two attached hydrogens (primary N) is 1. The molecular weight excluding hydrogens is 242 g/mol. The molecule has 1 heteroatoms. The molecule has 0 aliphatic heterocycles. The molecule has 0 radical (unpaired) electrons.